The quantitative estimate of drug-likeness (QED) is 0.413. The number of pyridine rings is 1. The Hall–Kier alpha value is -2.65. The molecule has 0 amide bonds. The Morgan fingerprint density at radius 1 is 1.00 bits per heavy atom. The monoisotopic (exact) mass is 320 g/mol. The molecule has 0 aliphatic carbocycles. The number of hydrogen-bond acceptors (Lipinski definition) is 1. The summed E-state index contributed by atoms with van der Waals surface area (Å²) in [5.41, 5.74) is 5.66. The van der Waals surface area contributed by atoms with Crippen molar-refractivity contribution in [3.8, 4) is 5.69 Å². The van der Waals surface area contributed by atoms with Gasteiger partial charge in [-0.25, -0.2) is 0 Å². The van der Waals surface area contributed by atoms with Gasteiger partial charge in [-0.3, -0.25) is 4.79 Å². The lowest BCUT2D eigenvalue weighted by molar-refractivity contribution is -0.592. The summed E-state index contributed by atoms with van der Waals surface area (Å²) >= 11 is 0. The molecular formula is C19H13ClN2O. The van der Waals surface area contributed by atoms with E-state index in [0.717, 1.165) is 33.4 Å². The molecule has 0 saturated heterocycles. The van der Waals surface area contributed by atoms with Gasteiger partial charge in [0, 0.05) is 28.4 Å². The Labute approximate surface area is 139 Å². The minimum Gasteiger partial charge on any atom is -1.00 e. The highest BCUT2D eigenvalue weighted by atomic mass is 35.5. The minimum absolute atomic E-state index is 0. The number of rotatable bonds is 0. The number of aromatic amines is 1. The molecule has 0 spiro atoms. The largest absolute Gasteiger partial charge is 1.00 e. The molecule has 0 unspecified atom stereocenters. The number of hydrogen-bond donors (Lipinski definition) is 1. The highest BCUT2D eigenvalue weighted by Gasteiger charge is 2.37. The van der Waals surface area contributed by atoms with E-state index in [1.54, 1.807) is 0 Å². The Morgan fingerprint density at radius 3 is 2.70 bits per heavy atom. The topological polar surface area (TPSA) is 36.7 Å². The molecule has 23 heavy (non-hydrogen) atoms. The standard InChI is InChI=1S/C19H12N2O.ClH/c1-11-6-7-15-14(10-11)12-8-9-21-16-5-3-2-4-13(16)19(22)18(21)17(12)20-15;/h2-10H,1H3;1H. The first-order chi connectivity index (χ1) is 10.7. The van der Waals surface area contributed by atoms with E-state index in [4.69, 9.17) is 0 Å². The van der Waals surface area contributed by atoms with Gasteiger partial charge in [0.25, 0.3) is 11.5 Å². The number of para-hydroxylation sites is 1. The number of halogens is 1. The van der Waals surface area contributed by atoms with Crippen molar-refractivity contribution in [2.45, 2.75) is 6.92 Å². The summed E-state index contributed by atoms with van der Waals surface area (Å²) in [7, 11) is 0. The van der Waals surface area contributed by atoms with Crippen LogP contribution in [0.2, 0.25) is 0 Å². The van der Waals surface area contributed by atoms with Crippen LogP contribution in [-0.2, 0) is 0 Å². The molecule has 1 aliphatic heterocycles. The molecule has 3 nitrogen and oxygen atoms in total. The smallest absolute Gasteiger partial charge is 0.284 e. The average molecular weight is 321 g/mol. The zero-order valence-electron chi connectivity index (χ0n) is 12.4. The molecule has 112 valence electrons. The van der Waals surface area contributed by atoms with Crippen molar-refractivity contribution in [2.75, 3.05) is 0 Å². The third-order valence-corrected chi connectivity index (χ3v) is 4.49. The van der Waals surface area contributed by atoms with Gasteiger partial charge in [0.2, 0.25) is 5.69 Å². The molecule has 3 heterocycles. The Balaban J connectivity index is 0.00000135. The number of carbonyl (C=O) groups excluding carboxylic acids is 1. The van der Waals surface area contributed by atoms with Crippen LogP contribution < -0.4 is 17.0 Å². The fourth-order valence-electron chi connectivity index (χ4n) is 3.46. The fourth-order valence-corrected chi connectivity index (χ4v) is 3.46. The second-order valence-corrected chi connectivity index (χ2v) is 5.84. The number of nitrogens with one attached hydrogen (secondary N) is 1. The lowest BCUT2D eigenvalue weighted by Gasteiger charge is -1.95. The first kappa shape index (κ1) is 14.0. The Kier molecular flexibility index (Phi) is 2.84. The number of carbonyl (C=O) groups is 1. The molecule has 1 N–H and O–H groups in total. The van der Waals surface area contributed by atoms with E-state index >= 15 is 0 Å². The summed E-state index contributed by atoms with van der Waals surface area (Å²) in [4.78, 5) is 16.2. The first-order valence-corrected chi connectivity index (χ1v) is 7.35. The second-order valence-electron chi connectivity index (χ2n) is 5.84. The van der Waals surface area contributed by atoms with E-state index in [2.05, 4.69) is 36.2 Å². The van der Waals surface area contributed by atoms with Crippen LogP contribution in [0.4, 0.5) is 0 Å². The van der Waals surface area contributed by atoms with E-state index in [1.807, 2.05) is 35.0 Å². The van der Waals surface area contributed by atoms with Crippen molar-refractivity contribution >= 4 is 27.6 Å². The van der Waals surface area contributed by atoms with Crippen LogP contribution in [-0.4, -0.2) is 10.8 Å². The van der Waals surface area contributed by atoms with Gasteiger partial charge in [-0.2, -0.15) is 4.57 Å². The lowest BCUT2D eigenvalue weighted by Crippen LogP contribution is -3.00. The summed E-state index contributed by atoms with van der Waals surface area (Å²) in [6.07, 6.45) is 2.00. The molecule has 4 aromatic rings. The van der Waals surface area contributed by atoms with Crippen LogP contribution in [0.15, 0.2) is 54.7 Å². The molecule has 0 atom stereocenters. The SMILES string of the molecule is Cc1ccc2[nH]c3c4[n+](ccc3c2c1)-c1ccccc1C4=O.[Cl-]. The number of ketones is 1. The molecular weight excluding hydrogens is 308 g/mol. The van der Waals surface area contributed by atoms with Crippen LogP contribution in [0.3, 0.4) is 0 Å². The fraction of sp³-hybridized carbons (Fsp3) is 0.0526. The number of H-pyrrole nitrogens is 1. The third-order valence-electron chi connectivity index (χ3n) is 4.49. The maximum atomic E-state index is 12.8. The van der Waals surface area contributed by atoms with Crippen LogP contribution in [0, 0.1) is 6.92 Å². The van der Waals surface area contributed by atoms with Crippen molar-refractivity contribution in [1.29, 1.82) is 0 Å². The van der Waals surface area contributed by atoms with Crippen molar-refractivity contribution in [1.82, 2.24) is 4.98 Å². The van der Waals surface area contributed by atoms with Gasteiger partial charge in [0.05, 0.1) is 0 Å². The normalized spacial score (nSPS) is 12.3. The van der Waals surface area contributed by atoms with Gasteiger partial charge in [-0.05, 0) is 25.1 Å². The maximum Gasteiger partial charge on any atom is 0.284 e. The zero-order chi connectivity index (χ0) is 14.8. The molecule has 0 radical (unpaired) electrons. The highest BCUT2D eigenvalue weighted by molar-refractivity contribution is 6.20. The van der Waals surface area contributed by atoms with Crippen molar-refractivity contribution in [2.24, 2.45) is 0 Å². The minimum atomic E-state index is 0. The average Bonchev–Trinajstić information content (AvgIpc) is 3.04. The van der Waals surface area contributed by atoms with Crippen LogP contribution in [0.25, 0.3) is 27.5 Å². The Bertz CT molecular complexity index is 1110. The summed E-state index contributed by atoms with van der Waals surface area (Å²) in [5, 5.41) is 2.27. The molecule has 0 fully saturated rings. The first-order valence-electron chi connectivity index (χ1n) is 7.35. The van der Waals surface area contributed by atoms with E-state index in [0.29, 0.717) is 0 Å². The lowest BCUT2D eigenvalue weighted by atomic mass is 10.1. The highest BCUT2D eigenvalue weighted by Crippen LogP contribution is 2.31. The van der Waals surface area contributed by atoms with Gasteiger partial charge in [-0.1, -0.05) is 23.8 Å². The van der Waals surface area contributed by atoms with Crippen molar-refractivity contribution in [3.05, 3.63) is 71.5 Å². The predicted octanol–water partition coefficient (Wildman–Crippen LogP) is 0.455. The number of aromatic nitrogens is 2. The number of benzene rings is 2. The van der Waals surface area contributed by atoms with E-state index in [-0.39, 0.29) is 18.2 Å². The van der Waals surface area contributed by atoms with E-state index in [9.17, 15) is 4.79 Å². The molecule has 5 rings (SSSR count). The Morgan fingerprint density at radius 2 is 1.83 bits per heavy atom. The molecule has 0 saturated carbocycles. The van der Waals surface area contributed by atoms with Crippen LogP contribution >= 0.6 is 0 Å². The van der Waals surface area contributed by atoms with Gasteiger partial charge in [0.1, 0.15) is 11.1 Å². The zero-order valence-corrected chi connectivity index (χ0v) is 13.2. The number of aryl methyl sites for hydroxylation is 1. The van der Waals surface area contributed by atoms with Gasteiger partial charge < -0.3 is 17.4 Å². The van der Waals surface area contributed by atoms with Crippen LogP contribution in [0.5, 0.6) is 0 Å². The predicted molar refractivity (Wildman–Crippen MR) is 85.5 cm³/mol. The van der Waals surface area contributed by atoms with E-state index in [1.165, 1.54) is 10.9 Å². The summed E-state index contributed by atoms with van der Waals surface area (Å²) in [5.74, 6) is 0.0875. The molecule has 4 heteroatoms. The van der Waals surface area contributed by atoms with Crippen molar-refractivity contribution < 1.29 is 21.8 Å². The van der Waals surface area contributed by atoms with Crippen LogP contribution in [0.1, 0.15) is 21.6 Å². The second kappa shape index (κ2) is 4.67. The molecule has 2 aromatic carbocycles. The van der Waals surface area contributed by atoms with E-state index < -0.39 is 0 Å². The number of nitrogens with zero attached hydrogens (tertiary/aromatic N) is 1. The molecule has 1 aliphatic rings. The summed E-state index contributed by atoms with van der Waals surface area (Å²) in [6, 6.07) is 16.2. The maximum absolute atomic E-state index is 12.8. The van der Waals surface area contributed by atoms with Gasteiger partial charge in [-0.15, -0.1) is 0 Å². The van der Waals surface area contributed by atoms with Crippen molar-refractivity contribution in [3.63, 3.8) is 0 Å². The van der Waals surface area contributed by atoms with Gasteiger partial charge >= 0.3 is 0 Å². The summed E-state index contributed by atoms with van der Waals surface area (Å²) < 4.78 is 1.99. The number of fused-ring (bicyclic) bond motifs is 7. The summed E-state index contributed by atoms with van der Waals surface area (Å²) in [6.45, 7) is 2.08. The van der Waals surface area contributed by atoms with Gasteiger partial charge in [0.15, 0.2) is 6.20 Å². The third kappa shape index (κ3) is 1.71. The molecule has 0 bridgehead atoms. The molecule has 2 aromatic heterocycles.